The number of hydrogen-bond donors (Lipinski definition) is 0. The summed E-state index contributed by atoms with van der Waals surface area (Å²) < 4.78 is 5.65. The van der Waals surface area contributed by atoms with E-state index < -0.39 is 0 Å². The molecule has 2 amide bonds. The van der Waals surface area contributed by atoms with E-state index in [1.807, 2.05) is 41.8 Å². The van der Waals surface area contributed by atoms with Crippen molar-refractivity contribution in [1.29, 1.82) is 0 Å². The minimum absolute atomic E-state index is 0.0562. The fraction of sp³-hybridized carbons (Fsp3) is 0.600. The Bertz CT molecular complexity index is 617. The SMILES string of the molecule is CC(C)N1CC2(CCN(C(=O)CCc3ccccc3)C2)COCC1=O. The maximum atomic E-state index is 12.6. The molecule has 0 aromatic heterocycles. The van der Waals surface area contributed by atoms with Gasteiger partial charge in [0, 0.05) is 37.5 Å². The monoisotopic (exact) mass is 344 g/mol. The molecular weight excluding hydrogens is 316 g/mol. The highest BCUT2D eigenvalue weighted by atomic mass is 16.5. The van der Waals surface area contributed by atoms with Crippen LogP contribution in [-0.2, 0) is 20.7 Å². The number of rotatable bonds is 4. The minimum Gasteiger partial charge on any atom is -0.371 e. The number of aryl methyl sites for hydroxylation is 1. The Labute approximate surface area is 149 Å². The first kappa shape index (κ1) is 17.9. The molecule has 136 valence electrons. The highest BCUT2D eigenvalue weighted by Gasteiger charge is 2.44. The Hall–Kier alpha value is -1.88. The summed E-state index contributed by atoms with van der Waals surface area (Å²) in [6.45, 7) is 6.93. The van der Waals surface area contributed by atoms with Crippen molar-refractivity contribution >= 4 is 11.8 Å². The summed E-state index contributed by atoms with van der Waals surface area (Å²) in [7, 11) is 0. The van der Waals surface area contributed by atoms with Crippen LogP contribution in [0.15, 0.2) is 30.3 Å². The summed E-state index contributed by atoms with van der Waals surface area (Å²) in [6, 6.07) is 10.3. The summed E-state index contributed by atoms with van der Waals surface area (Å²) in [4.78, 5) is 28.7. The van der Waals surface area contributed by atoms with Crippen molar-refractivity contribution in [1.82, 2.24) is 9.80 Å². The lowest BCUT2D eigenvalue weighted by atomic mass is 9.87. The van der Waals surface area contributed by atoms with Gasteiger partial charge in [-0.25, -0.2) is 0 Å². The maximum absolute atomic E-state index is 12.6. The third-order valence-corrected chi connectivity index (χ3v) is 5.34. The Morgan fingerprint density at radius 2 is 2.00 bits per heavy atom. The fourth-order valence-corrected chi connectivity index (χ4v) is 3.85. The second-order valence-corrected chi connectivity index (χ2v) is 7.66. The number of ether oxygens (including phenoxy) is 1. The summed E-state index contributed by atoms with van der Waals surface area (Å²) >= 11 is 0. The average molecular weight is 344 g/mol. The van der Waals surface area contributed by atoms with E-state index in [4.69, 9.17) is 4.74 Å². The lowest BCUT2D eigenvalue weighted by Crippen LogP contribution is -2.46. The topological polar surface area (TPSA) is 49.9 Å². The number of carbonyl (C=O) groups excluding carboxylic acids is 2. The Morgan fingerprint density at radius 3 is 2.72 bits per heavy atom. The van der Waals surface area contributed by atoms with Crippen LogP contribution in [0.3, 0.4) is 0 Å². The van der Waals surface area contributed by atoms with Crippen molar-refractivity contribution in [3.8, 4) is 0 Å². The van der Waals surface area contributed by atoms with Gasteiger partial charge in [0.05, 0.1) is 6.61 Å². The van der Waals surface area contributed by atoms with Crippen molar-refractivity contribution in [2.24, 2.45) is 5.41 Å². The Morgan fingerprint density at radius 1 is 1.24 bits per heavy atom. The Balaban J connectivity index is 1.59. The van der Waals surface area contributed by atoms with Gasteiger partial charge in [-0.3, -0.25) is 9.59 Å². The normalized spacial score (nSPS) is 24.2. The van der Waals surface area contributed by atoms with Gasteiger partial charge in [0.25, 0.3) is 0 Å². The predicted molar refractivity (Wildman–Crippen MR) is 96.1 cm³/mol. The number of likely N-dealkylation sites (tertiary alicyclic amines) is 1. The zero-order chi connectivity index (χ0) is 17.9. The van der Waals surface area contributed by atoms with Gasteiger partial charge in [0.2, 0.25) is 11.8 Å². The number of nitrogens with zero attached hydrogens (tertiary/aromatic N) is 2. The molecule has 1 aromatic rings. The molecular formula is C20H28N2O3. The second-order valence-electron chi connectivity index (χ2n) is 7.66. The van der Waals surface area contributed by atoms with Crippen molar-refractivity contribution in [3.63, 3.8) is 0 Å². The summed E-state index contributed by atoms with van der Waals surface area (Å²) in [5, 5.41) is 0. The van der Waals surface area contributed by atoms with Crippen LogP contribution < -0.4 is 0 Å². The molecule has 0 radical (unpaired) electrons. The number of carbonyl (C=O) groups is 2. The lowest BCUT2D eigenvalue weighted by Gasteiger charge is -2.34. The molecule has 2 fully saturated rings. The van der Waals surface area contributed by atoms with Crippen LogP contribution in [0.1, 0.15) is 32.3 Å². The molecule has 0 saturated carbocycles. The van der Waals surface area contributed by atoms with E-state index in [2.05, 4.69) is 12.1 Å². The van der Waals surface area contributed by atoms with Crippen molar-refractivity contribution in [2.75, 3.05) is 32.8 Å². The summed E-state index contributed by atoms with van der Waals surface area (Å²) in [5.41, 5.74) is 1.08. The first-order chi connectivity index (χ1) is 12.0. The van der Waals surface area contributed by atoms with Crippen LogP contribution in [0.5, 0.6) is 0 Å². The van der Waals surface area contributed by atoms with E-state index in [0.717, 1.165) is 19.4 Å². The number of benzene rings is 1. The fourth-order valence-electron chi connectivity index (χ4n) is 3.85. The first-order valence-corrected chi connectivity index (χ1v) is 9.18. The van der Waals surface area contributed by atoms with Gasteiger partial charge in [0.1, 0.15) is 6.61 Å². The van der Waals surface area contributed by atoms with Gasteiger partial charge in [-0.15, -0.1) is 0 Å². The molecule has 2 heterocycles. The molecule has 0 N–H and O–H groups in total. The van der Waals surface area contributed by atoms with E-state index >= 15 is 0 Å². The molecule has 2 saturated heterocycles. The molecule has 0 aliphatic carbocycles. The standard InChI is InChI=1S/C20H28N2O3/c1-16(2)22-14-20(15-25-12-19(22)24)10-11-21(13-20)18(23)9-8-17-6-4-3-5-7-17/h3-7,16H,8-15H2,1-2H3. The summed E-state index contributed by atoms with van der Waals surface area (Å²) in [6.07, 6.45) is 2.21. The highest BCUT2D eigenvalue weighted by molar-refractivity contribution is 5.78. The van der Waals surface area contributed by atoms with Crippen molar-refractivity contribution in [2.45, 2.75) is 39.2 Å². The molecule has 1 unspecified atom stereocenters. The average Bonchev–Trinajstić information content (AvgIpc) is 2.94. The summed E-state index contributed by atoms with van der Waals surface area (Å²) in [5.74, 6) is 0.258. The van der Waals surface area contributed by atoms with Crippen LogP contribution >= 0.6 is 0 Å². The minimum atomic E-state index is -0.112. The quantitative estimate of drug-likeness (QED) is 0.840. The van der Waals surface area contributed by atoms with Gasteiger partial charge in [-0.2, -0.15) is 0 Å². The van der Waals surface area contributed by atoms with E-state index in [9.17, 15) is 9.59 Å². The van der Waals surface area contributed by atoms with E-state index in [-0.39, 0.29) is 29.9 Å². The third-order valence-electron chi connectivity index (χ3n) is 5.34. The molecule has 1 atom stereocenters. The molecule has 2 aliphatic heterocycles. The van der Waals surface area contributed by atoms with Crippen LogP contribution in [-0.4, -0.2) is 60.5 Å². The molecule has 25 heavy (non-hydrogen) atoms. The molecule has 2 aliphatic rings. The van der Waals surface area contributed by atoms with Crippen LogP contribution in [0, 0.1) is 5.41 Å². The predicted octanol–water partition coefficient (Wildman–Crippen LogP) is 2.11. The zero-order valence-electron chi connectivity index (χ0n) is 15.2. The van der Waals surface area contributed by atoms with Crippen LogP contribution in [0.25, 0.3) is 0 Å². The molecule has 3 rings (SSSR count). The highest BCUT2D eigenvalue weighted by Crippen LogP contribution is 2.34. The van der Waals surface area contributed by atoms with E-state index in [1.165, 1.54) is 5.56 Å². The van der Waals surface area contributed by atoms with Crippen molar-refractivity contribution < 1.29 is 14.3 Å². The molecule has 5 nitrogen and oxygen atoms in total. The molecule has 1 aromatic carbocycles. The van der Waals surface area contributed by atoms with Crippen LogP contribution in [0.4, 0.5) is 0 Å². The molecule has 0 bridgehead atoms. The zero-order valence-corrected chi connectivity index (χ0v) is 15.2. The van der Waals surface area contributed by atoms with Crippen molar-refractivity contribution in [3.05, 3.63) is 35.9 Å². The molecule has 1 spiro atoms. The van der Waals surface area contributed by atoms with Gasteiger partial charge >= 0.3 is 0 Å². The van der Waals surface area contributed by atoms with E-state index in [1.54, 1.807) is 0 Å². The van der Waals surface area contributed by atoms with Gasteiger partial charge in [0.15, 0.2) is 0 Å². The molecule has 5 heteroatoms. The van der Waals surface area contributed by atoms with E-state index in [0.29, 0.717) is 26.1 Å². The number of hydrogen-bond acceptors (Lipinski definition) is 3. The lowest BCUT2D eigenvalue weighted by molar-refractivity contribution is -0.135. The van der Waals surface area contributed by atoms with Gasteiger partial charge in [-0.1, -0.05) is 30.3 Å². The first-order valence-electron chi connectivity index (χ1n) is 9.18. The smallest absolute Gasteiger partial charge is 0.248 e. The van der Waals surface area contributed by atoms with Crippen LogP contribution in [0.2, 0.25) is 0 Å². The second kappa shape index (κ2) is 7.56. The van der Waals surface area contributed by atoms with Gasteiger partial charge in [-0.05, 0) is 32.3 Å². The Kier molecular flexibility index (Phi) is 5.42. The third kappa shape index (κ3) is 4.21. The maximum Gasteiger partial charge on any atom is 0.248 e. The van der Waals surface area contributed by atoms with Gasteiger partial charge < -0.3 is 14.5 Å². The number of amides is 2. The largest absolute Gasteiger partial charge is 0.371 e.